The van der Waals surface area contributed by atoms with Crippen LogP contribution in [0.25, 0.3) is 11.4 Å². The van der Waals surface area contributed by atoms with Crippen molar-refractivity contribution in [2.24, 2.45) is 0 Å². The highest BCUT2D eigenvalue weighted by Crippen LogP contribution is 2.25. The summed E-state index contributed by atoms with van der Waals surface area (Å²) in [7, 11) is 1.83. The zero-order valence-corrected chi connectivity index (χ0v) is 12.7. The summed E-state index contributed by atoms with van der Waals surface area (Å²) in [6, 6.07) is 9.24. The number of nitrogens with one attached hydrogen (secondary N) is 1. The highest BCUT2D eigenvalue weighted by molar-refractivity contribution is 5.62. The van der Waals surface area contributed by atoms with Gasteiger partial charge in [-0.1, -0.05) is 0 Å². The first kappa shape index (κ1) is 15.2. The number of morpholine rings is 1. The van der Waals surface area contributed by atoms with Crippen LogP contribution in [0.4, 0.5) is 15.9 Å². The average Bonchev–Trinajstić information content (AvgIpc) is 2.63. The second-order valence-electron chi connectivity index (χ2n) is 5.07. The number of hydrogen-bond donors (Lipinski definition) is 1. The number of ether oxygens (including phenoxy) is 1. The number of halogens is 1. The van der Waals surface area contributed by atoms with Crippen LogP contribution < -0.4 is 10.2 Å². The molecule has 1 aliphatic rings. The lowest BCUT2D eigenvalue weighted by Gasteiger charge is -2.28. The normalized spacial score (nSPS) is 14.4. The zero-order chi connectivity index (χ0) is 16.2. The second-order valence-corrected chi connectivity index (χ2v) is 5.07. The molecule has 2 heterocycles. The lowest BCUT2D eigenvalue weighted by atomic mass is 10.2. The molecule has 1 aromatic carbocycles. The zero-order valence-electron chi connectivity index (χ0n) is 12.7. The topological polar surface area (TPSA) is 74.1 Å². The van der Waals surface area contributed by atoms with Gasteiger partial charge in [0.2, 0.25) is 5.82 Å². The van der Waals surface area contributed by atoms with E-state index in [1.54, 1.807) is 4.90 Å². The van der Waals surface area contributed by atoms with Crippen molar-refractivity contribution in [1.82, 2.24) is 9.97 Å². The largest absolute Gasteiger partial charge is 0.388 e. The number of benzene rings is 1. The molecule has 7 heteroatoms. The standard InChI is InChI=1S/C16H16FN5O/c1-19-12-4-2-11(3-5-12)15-20-13(10-18)14(17)16(21-15)22-6-8-23-9-7-22/h2-5,19H,6-9H2,1H3. The molecule has 1 N–H and O–H groups in total. The van der Waals surface area contributed by atoms with Gasteiger partial charge in [0.1, 0.15) is 6.07 Å². The van der Waals surface area contributed by atoms with E-state index in [0.29, 0.717) is 32.1 Å². The smallest absolute Gasteiger partial charge is 0.202 e. The van der Waals surface area contributed by atoms with E-state index in [0.717, 1.165) is 11.3 Å². The number of hydrogen-bond acceptors (Lipinski definition) is 6. The quantitative estimate of drug-likeness (QED) is 0.934. The third-order valence-corrected chi connectivity index (χ3v) is 3.68. The molecule has 23 heavy (non-hydrogen) atoms. The van der Waals surface area contributed by atoms with Crippen molar-refractivity contribution in [2.75, 3.05) is 43.6 Å². The lowest BCUT2D eigenvalue weighted by molar-refractivity contribution is 0.122. The fraction of sp³-hybridized carbons (Fsp3) is 0.312. The van der Waals surface area contributed by atoms with Crippen molar-refractivity contribution >= 4 is 11.5 Å². The minimum absolute atomic E-state index is 0.160. The lowest BCUT2D eigenvalue weighted by Crippen LogP contribution is -2.37. The first-order valence-corrected chi connectivity index (χ1v) is 7.31. The second kappa shape index (κ2) is 6.58. The van der Waals surface area contributed by atoms with E-state index in [2.05, 4.69) is 15.3 Å². The van der Waals surface area contributed by atoms with Gasteiger partial charge in [-0.15, -0.1) is 0 Å². The van der Waals surface area contributed by atoms with E-state index in [1.165, 1.54) is 0 Å². The maximum Gasteiger partial charge on any atom is 0.202 e. The van der Waals surface area contributed by atoms with Crippen molar-refractivity contribution in [2.45, 2.75) is 0 Å². The summed E-state index contributed by atoms with van der Waals surface area (Å²) >= 11 is 0. The Morgan fingerprint density at radius 1 is 1.22 bits per heavy atom. The molecule has 0 amide bonds. The molecule has 1 aliphatic heterocycles. The Morgan fingerprint density at radius 3 is 2.52 bits per heavy atom. The third-order valence-electron chi connectivity index (χ3n) is 3.68. The van der Waals surface area contributed by atoms with Crippen molar-refractivity contribution < 1.29 is 9.13 Å². The van der Waals surface area contributed by atoms with Gasteiger partial charge in [-0.25, -0.2) is 9.97 Å². The minimum Gasteiger partial charge on any atom is -0.388 e. The van der Waals surface area contributed by atoms with Gasteiger partial charge in [0.25, 0.3) is 0 Å². The molecule has 6 nitrogen and oxygen atoms in total. The van der Waals surface area contributed by atoms with E-state index in [9.17, 15) is 4.39 Å². The van der Waals surface area contributed by atoms with Crippen LogP contribution in [0.15, 0.2) is 24.3 Å². The van der Waals surface area contributed by atoms with Crippen LogP contribution in [0, 0.1) is 17.1 Å². The van der Waals surface area contributed by atoms with Crippen LogP contribution in [0.3, 0.4) is 0 Å². The summed E-state index contributed by atoms with van der Waals surface area (Å²) < 4.78 is 19.7. The number of rotatable bonds is 3. The third kappa shape index (κ3) is 3.07. The summed E-state index contributed by atoms with van der Waals surface area (Å²) in [4.78, 5) is 10.2. The molecule has 0 bridgehead atoms. The molecule has 118 valence electrons. The van der Waals surface area contributed by atoms with Crippen molar-refractivity contribution in [3.8, 4) is 17.5 Å². The number of nitrogens with zero attached hydrogens (tertiary/aromatic N) is 4. The molecule has 1 fully saturated rings. The molecule has 0 atom stereocenters. The Balaban J connectivity index is 2.04. The molecular weight excluding hydrogens is 297 g/mol. The van der Waals surface area contributed by atoms with Gasteiger partial charge in [-0.3, -0.25) is 0 Å². The van der Waals surface area contributed by atoms with Crippen LogP contribution in [0.2, 0.25) is 0 Å². The predicted molar refractivity (Wildman–Crippen MR) is 84.7 cm³/mol. The molecular formula is C16H16FN5O. The molecule has 0 radical (unpaired) electrons. The average molecular weight is 313 g/mol. The van der Waals surface area contributed by atoms with Gasteiger partial charge >= 0.3 is 0 Å². The van der Waals surface area contributed by atoms with Gasteiger partial charge in [-0.2, -0.15) is 9.65 Å². The van der Waals surface area contributed by atoms with Crippen molar-refractivity contribution in [1.29, 1.82) is 5.26 Å². The molecule has 0 aliphatic carbocycles. The summed E-state index contributed by atoms with van der Waals surface area (Å²) in [5, 5.41) is 12.2. The Bertz CT molecular complexity index is 735. The van der Waals surface area contributed by atoms with Gasteiger partial charge < -0.3 is 15.0 Å². The molecule has 0 spiro atoms. The van der Waals surface area contributed by atoms with Crippen LogP contribution in [0.1, 0.15) is 5.69 Å². The van der Waals surface area contributed by atoms with E-state index in [1.807, 2.05) is 37.4 Å². The van der Waals surface area contributed by atoms with Gasteiger partial charge in [0.05, 0.1) is 13.2 Å². The molecule has 2 aromatic rings. The molecule has 3 rings (SSSR count). The van der Waals surface area contributed by atoms with Crippen molar-refractivity contribution in [3.63, 3.8) is 0 Å². The van der Waals surface area contributed by atoms with Gasteiger partial charge in [-0.05, 0) is 24.3 Å². The fourth-order valence-corrected chi connectivity index (χ4v) is 2.41. The highest BCUT2D eigenvalue weighted by atomic mass is 19.1. The number of nitriles is 1. The number of anilines is 2. The first-order valence-electron chi connectivity index (χ1n) is 7.31. The SMILES string of the molecule is CNc1ccc(-c2nc(C#N)c(F)c(N3CCOCC3)n2)cc1. The molecule has 0 unspecified atom stereocenters. The van der Waals surface area contributed by atoms with Crippen LogP contribution in [0.5, 0.6) is 0 Å². The first-order chi connectivity index (χ1) is 11.2. The van der Waals surface area contributed by atoms with Crippen LogP contribution in [-0.2, 0) is 4.74 Å². The predicted octanol–water partition coefficient (Wildman–Crippen LogP) is 2.03. The summed E-state index contributed by atoms with van der Waals surface area (Å²) in [5.41, 5.74) is 1.44. The van der Waals surface area contributed by atoms with Gasteiger partial charge in [0, 0.05) is 31.4 Å². The van der Waals surface area contributed by atoms with E-state index < -0.39 is 5.82 Å². The van der Waals surface area contributed by atoms with Gasteiger partial charge in [0.15, 0.2) is 17.3 Å². The van der Waals surface area contributed by atoms with Crippen LogP contribution in [-0.4, -0.2) is 43.3 Å². The van der Waals surface area contributed by atoms with E-state index in [4.69, 9.17) is 10.00 Å². The fourth-order valence-electron chi connectivity index (χ4n) is 2.41. The highest BCUT2D eigenvalue weighted by Gasteiger charge is 2.22. The Morgan fingerprint density at radius 2 is 1.91 bits per heavy atom. The Labute approximate surface area is 133 Å². The molecule has 0 saturated carbocycles. The van der Waals surface area contributed by atoms with Crippen molar-refractivity contribution in [3.05, 3.63) is 35.8 Å². The van der Waals surface area contributed by atoms with E-state index in [-0.39, 0.29) is 11.5 Å². The monoisotopic (exact) mass is 313 g/mol. The maximum absolute atomic E-state index is 14.4. The van der Waals surface area contributed by atoms with E-state index >= 15 is 0 Å². The van der Waals surface area contributed by atoms with Crippen LogP contribution >= 0.6 is 0 Å². The summed E-state index contributed by atoms with van der Waals surface area (Å²) in [6.07, 6.45) is 0. The Hall–Kier alpha value is -2.72. The molecule has 1 saturated heterocycles. The molecule has 1 aromatic heterocycles. The summed E-state index contributed by atoms with van der Waals surface area (Å²) in [5.74, 6) is -0.176. The Kier molecular flexibility index (Phi) is 4.35. The number of aromatic nitrogens is 2. The maximum atomic E-state index is 14.4. The summed E-state index contributed by atoms with van der Waals surface area (Å²) in [6.45, 7) is 2.10. The minimum atomic E-state index is -0.676.